The molecule has 0 bridgehead atoms. The molecule has 0 unspecified atom stereocenters. The number of rotatable bonds is 8. The van der Waals surface area contributed by atoms with Gasteiger partial charge in [0.1, 0.15) is 5.00 Å². The molecule has 1 amide bonds. The molecule has 0 saturated carbocycles. The van der Waals surface area contributed by atoms with Gasteiger partial charge in [-0.25, -0.2) is 0 Å². The van der Waals surface area contributed by atoms with Gasteiger partial charge in [-0.15, -0.1) is 11.3 Å². The van der Waals surface area contributed by atoms with Crippen molar-refractivity contribution >= 4 is 33.7 Å². The number of ether oxygens (including phenoxy) is 1. The van der Waals surface area contributed by atoms with E-state index in [1.54, 1.807) is 21.1 Å². The van der Waals surface area contributed by atoms with Gasteiger partial charge < -0.3 is 20.7 Å². The number of carbonyl (C=O) groups is 2. The number of hydrogen-bond acceptors (Lipinski definition) is 6. The van der Waals surface area contributed by atoms with Gasteiger partial charge in [-0.2, -0.15) is 0 Å². The van der Waals surface area contributed by atoms with Gasteiger partial charge in [0.2, 0.25) is 0 Å². The van der Waals surface area contributed by atoms with Gasteiger partial charge >= 0.3 is 0 Å². The standard InChI is InChI=1S/C14H23N3O3S/c1-5-9(18)12-11(15)10(13(19)16-3)14(21-12)17(6-2)7-8-20-4/h5-8,15H2,1-4H3,(H,16,19). The molecule has 0 radical (unpaired) electrons. The number of likely N-dealkylation sites (N-methyl/N-ethyl adjacent to an activating group) is 1. The fourth-order valence-corrected chi connectivity index (χ4v) is 3.29. The third-order valence-electron chi connectivity index (χ3n) is 3.19. The normalized spacial score (nSPS) is 10.5. The highest BCUT2D eigenvalue weighted by atomic mass is 32.1. The number of nitrogens with one attached hydrogen (secondary N) is 1. The Bertz CT molecular complexity index is 514. The van der Waals surface area contributed by atoms with E-state index in [1.165, 1.54) is 11.3 Å². The molecule has 21 heavy (non-hydrogen) atoms. The number of thiophene rings is 1. The first-order chi connectivity index (χ1) is 10.0. The van der Waals surface area contributed by atoms with Crippen LogP contribution in [0.4, 0.5) is 10.7 Å². The molecule has 0 spiro atoms. The lowest BCUT2D eigenvalue weighted by Crippen LogP contribution is -2.29. The highest BCUT2D eigenvalue weighted by Gasteiger charge is 2.26. The second-order valence-electron chi connectivity index (χ2n) is 4.45. The first-order valence-electron chi connectivity index (χ1n) is 6.93. The molecule has 3 N–H and O–H groups in total. The highest BCUT2D eigenvalue weighted by molar-refractivity contribution is 7.19. The van der Waals surface area contributed by atoms with Crippen LogP contribution in [0.25, 0.3) is 0 Å². The summed E-state index contributed by atoms with van der Waals surface area (Å²) in [6.07, 6.45) is 0.363. The van der Waals surface area contributed by atoms with E-state index in [0.29, 0.717) is 36.6 Å². The summed E-state index contributed by atoms with van der Waals surface area (Å²) in [5.74, 6) is -0.318. The summed E-state index contributed by atoms with van der Waals surface area (Å²) in [5, 5.41) is 3.31. The number of Topliss-reactive ketones (excluding diaryl/α,β-unsaturated/α-hetero) is 1. The molecule has 7 heteroatoms. The van der Waals surface area contributed by atoms with Crippen LogP contribution in [0.1, 0.15) is 40.3 Å². The molecule has 1 heterocycles. The number of nitrogens with zero attached hydrogens (tertiary/aromatic N) is 1. The van der Waals surface area contributed by atoms with E-state index in [-0.39, 0.29) is 17.4 Å². The largest absolute Gasteiger partial charge is 0.397 e. The maximum absolute atomic E-state index is 12.1. The lowest BCUT2D eigenvalue weighted by Gasteiger charge is -2.22. The molecule has 0 atom stereocenters. The fraction of sp³-hybridized carbons (Fsp3) is 0.571. The van der Waals surface area contributed by atoms with E-state index in [0.717, 1.165) is 5.00 Å². The van der Waals surface area contributed by atoms with E-state index in [2.05, 4.69) is 5.32 Å². The zero-order valence-electron chi connectivity index (χ0n) is 13.0. The average molecular weight is 313 g/mol. The fourth-order valence-electron chi connectivity index (χ4n) is 1.97. The van der Waals surface area contributed by atoms with Gasteiger partial charge in [0.05, 0.1) is 22.7 Å². The Morgan fingerprint density at radius 3 is 2.52 bits per heavy atom. The average Bonchev–Trinajstić information content (AvgIpc) is 2.84. The summed E-state index contributed by atoms with van der Waals surface area (Å²) in [4.78, 5) is 26.6. The maximum atomic E-state index is 12.1. The molecular weight excluding hydrogens is 290 g/mol. The SMILES string of the molecule is CCC(=O)c1sc(N(CC)CCOC)c(C(=O)NC)c1N. The molecule has 6 nitrogen and oxygen atoms in total. The minimum atomic E-state index is -0.273. The molecule has 0 aliphatic heterocycles. The van der Waals surface area contributed by atoms with Crippen molar-refractivity contribution in [2.75, 3.05) is 44.5 Å². The summed E-state index contributed by atoms with van der Waals surface area (Å²) < 4.78 is 5.09. The van der Waals surface area contributed by atoms with Crippen LogP contribution < -0.4 is 16.0 Å². The molecule has 0 aliphatic carbocycles. The van der Waals surface area contributed by atoms with Gasteiger partial charge in [0, 0.05) is 33.7 Å². The van der Waals surface area contributed by atoms with Crippen LogP contribution in [0.5, 0.6) is 0 Å². The molecule has 1 aromatic heterocycles. The molecule has 0 fully saturated rings. The Labute approximate surface area is 129 Å². The first kappa shape index (κ1) is 17.5. The van der Waals surface area contributed by atoms with Crippen LogP contribution in [0.2, 0.25) is 0 Å². The molecule has 118 valence electrons. The number of hydrogen-bond donors (Lipinski definition) is 2. The van der Waals surface area contributed by atoms with Crippen molar-refractivity contribution in [1.29, 1.82) is 0 Å². The second-order valence-corrected chi connectivity index (χ2v) is 5.45. The quantitative estimate of drug-likeness (QED) is 0.714. The van der Waals surface area contributed by atoms with E-state index in [1.807, 2.05) is 11.8 Å². The molecule has 0 aliphatic rings. The molecule has 0 aromatic carbocycles. The zero-order valence-corrected chi connectivity index (χ0v) is 13.8. The topological polar surface area (TPSA) is 84.7 Å². The predicted molar refractivity (Wildman–Crippen MR) is 86.5 cm³/mol. The van der Waals surface area contributed by atoms with Crippen molar-refractivity contribution in [1.82, 2.24) is 5.32 Å². The molecule has 1 rings (SSSR count). The van der Waals surface area contributed by atoms with Gasteiger partial charge in [-0.1, -0.05) is 6.92 Å². The third kappa shape index (κ3) is 3.74. The Kier molecular flexibility index (Phi) is 6.64. The smallest absolute Gasteiger partial charge is 0.256 e. The number of methoxy groups -OCH3 is 1. The summed E-state index contributed by atoms with van der Waals surface area (Å²) in [5.41, 5.74) is 6.71. The minimum absolute atomic E-state index is 0.0447. The first-order valence-corrected chi connectivity index (χ1v) is 7.74. The van der Waals surface area contributed by atoms with Crippen molar-refractivity contribution in [3.05, 3.63) is 10.4 Å². The monoisotopic (exact) mass is 313 g/mol. The van der Waals surface area contributed by atoms with E-state index < -0.39 is 0 Å². The van der Waals surface area contributed by atoms with Crippen LogP contribution in [-0.4, -0.2) is 45.5 Å². The van der Waals surface area contributed by atoms with Crippen LogP contribution in [0.3, 0.4) is 0 Å². The van der Waals surface area contributed by atoms with Gasteiger partial charge in [0.25, 0.3) is 5.91 Å². The van der Waals surface area contributed by atoms with Crippen LogP contribution in [0.15, 0.2) is 0 Å². The summed E-state index contributed by atoms with van der Waals surface area (Å²) in [6, 6.07) is 0. The van der Waals surface area contributed by atoms with E-state index in [9.17, 15) is 9.59 Å². The van der Waals surface area contributed by atoms with Crippen molar-refractivity contribution < 1.29 is 14.3 Å². The number of anilines is 2. The third-order valence-corrected chi connectivity index (χ3v) is 4.50. The van der Waals surface area contributed by atoms with Crippen molar-refractivity contribution in [2.45, 2.75) is 20.3 Å². The minimum Gasteiger partial charge on any atom is -0.397 e. The summed E-state index contributed by atoms with van der Waals surface area (Å²) >= 11 is 1.28. The number of nitrogen functional groups attached to an aromatic ring is 1. The summed E-state index contributed by atoms with van der Waals surface area (Å²) in [7, 11) is 3.18. The number of ketones is 1. The van der Waals surface area contributed by atoms with Crippen molar-refractivity contribution in [3.8, 4) is 0 Å². The predicted octanol–water partition coefficient (Wildman–Crippen LogP) is 1.76. The Morgan fingerprint density at radius 1 is 1.38 bits per heavy atom. The Hall–Kier alpha value is -1.60. The molecular formula is C14H23N3O3S. The van der Waals surface area contributed by atoms with Crippen LogP contribution >= 0.6 is 11.3 Å². The highest BCUT2D eigenvalue weighted by Crippen LogP contribution is 2.38. The van der Waals surface area contributed by atoms with Crippen LogP contribution in [0, 0.1) is 0 Å². The molecule has 1 aromatic rings. The maximum Gasteiger partial charge on any atom is 0.256 e. The Balaban J connectivity index is 3.33. The van der Waals surface area contributed by atoms with Gasteiger partial charge in [0.15, 0.2) is 5.78 Å². The van der Waals surface area contributed by atoms with Gasteiger partial charge in [-0.3, -0.25) is 9.59 Å². The van der Waals surface area contributed by atoms with E-state index in [4.69, 9.17) is 10.5 Å². The lowest BCUT2D eigenvalue weighted by atomic mass is 10.1. The number of amides is 1. The van der Waals surface area contributed by atoms with Crippen molar-refractivity contribution in [3.63, 3.8) is 0 Å². The van der Waals surface area contributed by atoms with Crippen LogP contribution in [-0.2, 0) is 4.74 Å². The molecule has 0 saturated heterocycles. The van der Waals surface area contributed by atoms with Crippen molar-refractivity contribution in [2.24, 2.45) is 0 Å². The summed E-state index contributed by atoms with van der Waals surface area (Å²) in [6.45, 7) is 5.64. The zero-order chi connectivity index (χ0) is 16.0. The number of nitrogens with two attached hydrogens (primary N) is 1. The van der Waals surface area contributed by atoms with Gasteiger partial charge in [-0.05, 0) is 6.92 Å². The second kappa shape index (κ2) is 7.99. The van der Waals surface area contributed by atoms with E-state index >= 15 is 0 Å². The Morgan fingerprint density at radius 2 is 2.05 bits per heavy atom. The lowest BCUT2D eigenvalue weighted by molar-refractivity contribution is 0.0964. The number of carbonyl (C=O) groups excluding carboxylic acids is 2.